The summed E-state index contributed by atoms with van der Waals surface area (Å²) in [6.07, 6.45) is -4.54. The lowest BCUT2D eigenvalue weighted by atomic mass is 10.1. The zero-order chi connectivity index (χ0) is 26.1. The smallest absolute Gasteiger partial charge is 0.343 e. The Morgan fingerprint density at radius 3 is 2.31 bits per heavy atom. The van der Waals surface area contributed by atoms with Crippen molar-refractivity contribution in [2.24, 2.45) is 0 Å². The van der Waals surface area contributed by atoms with Crippen molar-refractivity contribution in [1.29, 1.82) is 0 Å². The molecular formula is C22H19F3N4O6. The number of carbonyl (C=O) groups excluding carboxylic acids is 4. The number of rotatable bonds is 7. The van der Waals surface area contributed by atoms with Crippen molar-refractivity contribution >= 4 is 29.3 Å². The predicted octanol–water partition coefficient (Wildman–Crippen LogP) is 2.53. The predicted molar refractivity (Wildman–Crippen MR) is 114 cm³/mol. The quantitative estimate of drug-likeness (QED) is 0.359. The van der Waals surface area contributed by atoms with E-state index in [1.807, 2.05) is 0 Å². The number of nitrogens with one attached hydrogen (secondary N) is 1. The largest absolute Gasteiger partial charge is 0.405 e. The van der Waals surface area contributed by atoms with Crippen molar-refractivity contribution < 1.29 is 37.3 Å². The molecule has 0 spiro atoms. The van der Waals surface area contributed by atoms with Crippen molar-refractivity contribution in [1.82, 2.24) is 15.1 Å². The van der Waals surface area contributed by atoms with Crippen LogP contribution in [0.2, 0.25) is 0 Å². The lowest BCUT2D eigenvalue weighted by molar-refractivity contribution is -0.385. The minimum absolute atomic E-state index is 0.00304. The molecule has 0 bridgehead atoms. The zero-order valence-corrected chi connectivity index (χ0v) is 18.5. The summed E-state index contributed by atoms with van der Waals surface area (Å²) in [4.78, 5) is 62.6. The van der Waals surface area contributed by atoms with Gasteiger partial charge in [-0.25, -0.2) is 0 Å². The van der Waals surface area contributed by atoms with E-state index in [1.54, 1.807) is 5.32 Å². The molecule has 1 unspecified atom stereocenters. The summed E-state index contributed by atoms with van der Waals surface area (Å²) in [5, 5.41) is 13.0. The fourth-order valence-electron chi connectivity index (χ4n) is 3.61. The van der Waals surface area contributed by atoms with E-state index in [0.717, 1.165) is 6.07 Å². The molecule has 35 heavy (non-hydrogen) atoms. The maximum Gasteiger partial charge on any atom is 0.405 e. The van der Waals surface area contributed by atoms with Crippen molar-refractivity contribution in [3.05, 3.63) is 74.8 Å². The van der Waals surface area contributed by atoms with Crippen LogP contribution in [0.1, 0.15) is 43.6 Å². The number of nitrogens with zero attached hydrogens (tertiary/aromatic N) is 3. The molecule has 3 rings (SSSR count). The van der Waals surface area contributed by atoms with E-state index in [-0.39, 0.29) is 23.2 Å². The van der Waals surface area contributed by atoms with Gasteiger partial charge in [-0.3, -0.25) is 34.2 Å². The number of hydrogen-bond donors (Lipinski definition) is 1. The van der Waals surface area contributed by atoms with Gasteiger partial charge in [0.2, 0.25) is 5.91 Å². The minimum atomic E-state index is -4.54. The average molecular weight is 492 g/mol. The number of alkyl halides is 3. The monoisotopic (exact) mass is 492 g/mol. The van der Waals surface area contributed by atoms with Gasteiger partial charge in [0, 0.05) is 25.2 Å². The Morgan fingerprint density at radius 1 is 1.11 bits per heavy atom. The van der Waals surface area contributed by atoms with Gasteiger partial charge in [-0.05, 0) is 30.7 Å². The van der Waals surface area contributed by atoms with Crippen LogP contribution in [0, 0.1) is 10.1 Å². The summed E-state index contributed by atoms with van der Waals surface area (Å²) in [7, 11) is 1.41. The number of imide groups is 1. The molecule has 2 aromatic carbocycles. The molecule has 10 nitrogen and oxygen atoms in total. The van der Waals surface area contributed by atoms with Crippen LogP contribution in [0.5, 0.6) is 0 Å². The van der Waals surface area contributed by atoms with E-state index in [1.165, 1.54) is 55.3 Å². The second-order valence-electron chi connectivity index (χ2n) is 7.80. The number of amides is 4. The number of carbonyl (C=O) groups is 4. The maximum absolute atomic E-state index is 12.9. The zero-order valence-electron chi connectivity index (χ0n) is 18.5. The molecule has 0 fully saturated rings. The van der Waals surface area contributed by atoms with Gasteiger partial charge in [-0.15, -0.1) is 0 Å². The highest BCUT2D eigenvalue weighted by Gasteiger charge is 2.45. The first kappa shape index (κ1) is 25.3. The van der Waals surface area contributed by atoms with E-state index in [2.05, 4.69) is 0 Å². The Morgan fingerprint density at radius 2 is 1.74 bits per heavy atom. The lowest BCUT2D eigenvalue weighted by Gasteiger charge is -2.26. The van der Waals surface area contributed by atoms with Gasteiger partial charge in [-0.1, -0.05) is 18.2 Å². The summed E-state index contributed by atoms with van der Waals surface area (Å²) < 4.78 is 36.7. The molecule has 1 aliphatic heterocycles. The SMILES string of the molecule is CC(C(=O)N(C)Cc1ccc(C(=O)NCC(F)(F)F)cc1)N1C(=O)c2cccc([N+](=O)[O-])c2C1=O. The third-order valence-corrected chi connectivity index (χ3v) is 5.33. The molecule has 2 aromatic rings. The summed E-state index contributed by atoms with van der Waals surface area (Å²) in [5.74, 6) is -3.31. The number of halogens is 3. The van der Waals surface area contributed by atoms with Crippen molar-refractivity contribution in [2.45, 2.75) is 25.7 Å². The second kappa shape index (κ2) is 9.52. The van der Waals surface area contributed by atoms with Crippen LogP contribution in [-0.2, 0) is 11.3 Å². The Bertz CT molecular complexity index is 1210. The molecule has 13 heteroatoms. The Hall–Kier alpha value is -4.29. The van der Waals surface area contributed by atoms with Gasteiger partial charge in [0.25, 0.3) is 23.4 Å². The molecule has 184 valence electrons. The molecule has 1 N–H and O–H groups in total. The number of likely N-dealkylation sites (N-methyl/N-ethyl adjacent to an activating group) is 1. The normalized spacial score (nSPS) is 13.9. The van der Waals surface area contributed by atoms with E-state index in [9.17, 15) is 42.5 Å². The minimum Gasteiger partial charge on any atom is -0.343 e. The first-order valence-corrected chi connectivity index (χ1v) is 10.2. The molecule has 0 radical (unpaired) electrons. The molecular weight excluding hydrogens is 473 g/mol. The van der Waals surface area contributed by atoms with Crippen LogP contribution in [0.15, 0.2) is 42.5 Å². The highest BCUT2D eigenvalue weighted by molar-refractivity contribution is 6.24. The van der Waals surface area contributed by atoms with Gasteiger partial charge in [0.15, 0.2) is 0 Å². The van der Waals surface area contributed by atoms with Crippen molar-refractivity contribution in [3.63, 3.8) is 0 Å². The van der Waals surface area contributed by atoms with Gasteiger partial charge in [-0.2, -0.15) is 13.2 Å². The van der Waals surface area contributed by atoms with E-state index < -0.39 is 53.0 Å². The van der Waals surface area contributed by atoms with Crippen LogP contribution in [0.4, 0.5) is 18.9 Å². The Kier molecular flexibility index (Phi) is 6.89. The molecule has 0 aliphatic carbocycles. The molecule has 0 saturated carbocycles. The third kappa shape index (κ3) is 5.28. The third-order valence-electron chi connectivity index (χ3n) is 5.33. The molecule has 1 atom stereocenters. The standard InChI is InChI=1S/C22H19F3N4O6/c1-12(28-20(32)15-4-3-5-16(29(34)35)17(15)21(28)33)19(31)27(2)10-13-6-8-14(9-7-13)18(30)26-11-22(23,24)25/h3-9,12H,10-11H2,1-2H3,(H,26,30). The van der Waals surface area contributed by atoms with Gasteiger partial charge < -0.3 is 10.2 Å². The van der Waals surface area contributed by atoms with Gasteiger partial charge >= 0.3 is 6.18 Å². The van der Waals surface area contributed by atoms with Gasteiger partial charge in [0.05, 0.1) is 10.5 Å². The summed E-state index contributed by atoms with van der Waals surface area (Å²) in [6.45, 7) is -0.152. The highest BCUT2D eigenvalue weighted by Crippen LogP contribution is 2.32. The molecule has 0 saturated heterocycles. The Balaban J connectivity index is 1.68. The molecule has 4 amide bonds. The van der Waals surface area contributed by atoms with E-state index in [0.29, 0.717) is 10.5 Å². The van der Waals surface area contributed by atoms with Crippen LogP contribution >= 0.6 is 0 Å². The van der Waals surface area contributed by atoms with Crippen LogP contribution in [-0.4, -0.2) is 64.2 Å². The number of nitro groups is 1. The lowest BCUT2D eigenvalue weighted by Crippen LogP contribution is -2.48. The van der Waals surface area contributed by atoms with Gasteiger partial charge in [0.1, 0.15) is 18.2 Å². The fraction of sp³-hybridized carbons (Fsp3) is 0.273. The van der Waals surface area contributed by atoms with Crippen molar-refractivity contribution in [3.8, 4) is 0 Å². The number of benzene rings is 2. The van der Waals surface area contributed by atoms with Crippen LogP contribution in [0.3, 0.4) is 0 Å². The number of fused-ring (bicyclic) bond motifs is 1. The average Bonchev–Trinajstić information content (AvgIpc) is 3.06. The highest BCUT2D eigenvalue weighted by atomic mass is 19.4. The van der Waals surface area contributed by atoms with Crippen LogP contribution < -0.4 is 5.32 Å². The maximum atomic E-state index is 12.9. The van der Waals surface area contributed by atoms with E-state index in [4.69, 9.17) is 0 Å². The van der Waals surface area contributed by atoms with E-state index >= 15 is 0 Å². The molecule has 0 aromatic heterocycles. The number of hydrogen-bond acceptors (Lipinski definition) is 6. The summed E-state index contributed by atoms with van der Waals surface area (Å²) >= 11 is 0. The molecule has 1 heterocycles. The topological polar surface area (TPSA) is 130 Å². The first-order chi connectivity index (χ1) is 16.3. The Labute approximate surface area is 196 Å². The summed E-state index contributed by atoms with van der Waals surface area (Å²) in [5.41, 5.74) is -0.544. The first-order valence-electron chi connectivity index (χ1n) is 10.2. The summed E-state index contributed by atoms with van der Waals surface area (Å²) in [6, 6.07) is 7.87. The second-order valence-corrected chi connectivity index (χ2v) is 7.80. The molecule has 1 aliphatic rings. The fourth-order valence-corrected chi connectivity index (χ4v) is 3.61. The number of nitro benzene ring substituents is 1. The van der Waals surface area contributed by atoms with Crippen molar-refractivity contribution in [2.75, 3.05) is 13.6 Å². The van der Waals surface area contributed by atoms with Crippen LogP contribution in [0.25, 0.3) is 0 Å².